The fraction of sp³-hybridized carbons (Fsp3) is 0.250. The Labute approximate surface area is 159 Å². The molecule has 0 aliphatic heterocycles. The molecule has 0 N–H and O–H groups in total. The van der Waals surface area contributed by atoms with Gasteiger partial charge in [-0.1, -0.05) is 24.3 Å². The van der Waals surface area contributed by atoms with Gasteiger partial charge in [-0.2, -0.15) is 13.2 Å². The number of methoxy groups -OCH3 is 1. The van der Waals surface area contributed by atoms with Crippen LogP contribution in [0.2, 0.25) is 0 Å². The third-order valence-electron chi connectivity index (χ3n) is 4.20. The molecule has 0 spiro atoms. The van der Waals surface area contributed by atoms with Crippen molar-refractivity contribution >= 4 is 22.2 Å². The lowest BCUT2D eigenvalue weighted by Gasteiger charge is -2.28. The minimum atomic E-state index is -4.60. The molecular weight excluding hydrogens is 375 g/mol. The van der Waals surface area contributed by atoms with Crippen LogP contribution in [0.15, 0.2) is 65.7 Å². The van der Waals surface area contributed by atoms with Crippen LogP contribution in [0.5, 0.6) is 0 Å². The number of allylic oxidation sites excluding steroid dienone is 3. The number of carbonyl (C=O) groups is 1. The van der Waals surface area contributed by atoms with E-state index in [1.54, 1.807) is 30.7 Å². The summed E-state index contributed by atoms with van der Waals surface area (Å²) in [6, 6.07) is 8.37. The number of hydrogen-bond donors (Lipinski definition) is 0. The van der Waals surface area contributed by atoms with Crippen LogP contribution in [0.3, 0.4) is 0 Å². The summed E-state index contributed by atoms with van der Waals surface area (Å²) in [4.78, 5) is 14.6. The quantitative estimate of drug-likeness (QED) is 0.669. The maximum Gasteiger partial charge on any atom is 0.417 e. The van der Waals surface area contributed by atoms with Gasteiger partial charge in [-0.25, -0.2) is 0 Å². The van der Waals surface area contributed by atoms with E-state index in [0.717, 1.165) is 6.07 Å². The van der Waals surface area contributed by atoms with Crippen molar-refractivity contribution in [3.05, 3.63) is 76.8 Å². The van der Waals surface area contributed by atoms with E-state index in [9.17, 15) is 18.0 Å². The zero-order valence-corrected chi connectivity index (χ0v) is 15.4. The van der Waals surface area contributed by atoms with E-state index in [-0.39, 0.29) is 11.5 Å². The molecule has 1 aliphatic carbocycles. The zero-order valence-electron chi connectivity index (χ0n) is 14.6. The highest BCUT2D eigenvalue weighted by atomic mass is 32.1. The summed E-state index contributed by atoms with van der Waals surface area (Å²) >= 11 is 1.30. The van der Waals surface area contributed by atoms with Crippen LogP contribution in [0.4, 0.5) is 18.2 Å². The highest BCUT2D eigenvalue weighted by Crippen LogP contribution is 2.36. The molecule has 3 nitrogen and oxygen atoms in total. The van der Waals surface area contributed by atoms with Crippen LogP contribution in [0.1, 0.15) is 22.3 Å². The van der Waals surface area contributed by atoms with Gasteiger partial charge in [-0.05, 0) is 42.1 Å². The van der Waals surface area contributed by atoms with Gasteiger partial charge >= 0.3 is 6.18 Å². The molecule has 1 aromatic heterocycles. The van der Waals surface area contributed by atoms with Crippen molar-refractivity contribution in [2.24, 2.45) is 5.92 Å². The van der Waals surface area contributed by atoms with E-state index < -0.39 is 17.6 Å². The Kier molecular flexibility index (Phi) is 5.82. The number of hydrogen-bond acceptors (Lipinski definition) is 3. The van der Waals surface area contributed by atoms with Crippen LogP contribution in [-0.2, 0) is 10.9 Å². The lowest BCUT2D eigenvalue weighted by atomic mass is 9.97. The van der Waals surface area contributed by atoms with Gasteiger partial charge < -0.3 is 4.74 Å². The monoisotopic (exact) mass is 393 g/mol. The van der Waals surface area contributed by atoms with E-state index in [0.29, 0.717) is 23.7 Å². The first-order valence-corrected chi connectivity index (χ1v) is 9.20. The van der Waals surface area contributed by atoms with Gasteiger partial charge in [0.05, 0.1) is 17.7 Å². The first kappa shape index (κ1) is 19.4. The van der Waals surface area contributed by atoms with Crippen molar-refractivity contribution in [1.29, 1.82) is 0 Å². The predicted octanol–water partition coefficient (Wildman–Crippen LogP) is 5.52. The van der Waals surface area contributed by atoms with Crippen molar-refractivity contribution in [1.82, 2.24) is 0 Å². The molecule has 2 aromatic rings. The molecule has 1 atom stereocenters. The molecule has 0 saturated heterocycles. The fourth-order valence-electron chi connectivity index (χ4n) is 3.03. The molecule has 0 saturated carbocycles. The second-order valence-electron chi connectivity index (χ2n) is 6.10. The summed E-state index contributed by atoms with van der Waals surface area (Å²) in [7, 11) is 1.59. The van der Waals surface area contributed by atoms with Crippen molar-refractivity contribution in [3.8, 4) is 0 Å². The van der Waals surface area contributed by atoms with E-state index in [2.05, 4.69) is 0 Å². The standard InChI is InChI=1S/C20H18F3NO2S/c1-26-13-14-6-4-7-15(12-14)24(18-10-5-11-27-18)19(25)16-8-2-3-9-17(16)20(21,22)23/h2-11,14H,12-13H2,1H3. The zero-order chi connectivity index (χ0) is 19.4. The van der Waals surface area contributed by atoms with Crippen molar-refractivity contribution in [3.63, 3.8) is 0 Å². The van der Waals surface area contributed by atoms with Crippen LogP contribution in [0.25, 0.3) is 0 Å². The Bertz CT molecular complexity index is 856. The fourth-order valence-corrected chi connectivity index (χ4v) is 3.79. The molecule has 1 aromatic carbocycles. The number of halogens is 3. The van der Waals surface area contributed by atoms with Crippen molar-refractivity contribution in [2.45, 2.75) is 12.6 Å². The summed E-state index contributed by atoms with van der Waals surface area (Å²) in [6.07, 6.45) is 1.44. The van der Waals surface area contributed by atoms with Gasteiger partial charge in [-0.3, -0.25) is 9.69 Å². The molecule has 1 aliphatic rings. The second kappa shape index (κ2) is 8.10. The Morgan fingerprint density at radius 3 is 2.70 bits per heavy atom. The number of amides is 1. The van der Waals surface area contributed by atoms with Crippen LogP contribution in [-0.4, -0.2) is 19.6 Å². The molecule has 0 bridgehead atoms. The molecular formula is C20H18F3NO2S. The number of alkyl halides is 3. The average molecular weight is 393 g/mol. The van der Waals surface area contributed by atoms with Crippen LogP contribution in [0, 0.1) is 5.92 Å². The van der Waals surface area contributed by atoms with Gasteiger partial charge in [0.15, 0.2) is 0 Å². The molecule has 142 valence electrons. The van der Waals surface area contributed by atoms with Gasteiger partial charge in [-0.15, -0.1) is 11.3 Å². The largest absolute Gasteiger partial charge is 0.417 e. The SMILES string of the molecule is COCC1C=CC=C(N(C(=O)c2ccccc2C(F)(F)F)c2cccs2)C1. The van der Waals surface area contributed by atoms with Crippen molar-refractivity contribution in [2.75, 3.05) is 18.6 Å². The number of thiophene rings is 1. The molecule has 1 heterocycles. The number of carbonyl (C=O) groups excluding carboxylic acids is 1. The lowest BCUT2D eigenvalue weighted by Crippen LogP contribution is -2.33. The van der Waals surface area contributed by atoms with Crippen LogP contribution < -0.4 is 4.90 Å². The number of benzene rings is 1. The summed E-state index contributed by atoms with van der Waals surface area (Å²) < 4.78 is 45.4. The van der Waals surface area contributed by atoms with E-state index in [1.807, 2.05) is 12.2 Å². The minimum Gasteiger partial charge on any atom is -0.384 e. The van der Waals surface area contributed by atoms with Crippen LogP contribution >= 0.6 is 11.3 Å². The first-order valence-electron chi connectivity index (χ1n) is 8.32. The molecule has 7 heteroatoms. The first-order chi connectivity index (χ1) is 12.9. The normalized spacial score (nSPS) is 16.9. The molecule has 0 fully saturated rings. The Morgan fingerprint density at radius 1 is 1.26 bits per heavy atom. The molecule has 27 heavy (non-hydrogen) atoms. The smallest absolute Gasteiger partial charge is 0.384 e. The predicted molar refractivity (Wildman–Crippen MR) is 99.8 cm³/mol. The Hall–Kier alpha value is -2.38. The molecule has 1 unspecified atom stereocenters. The topological polar surface area (TPSA) is 29.5 Å². The molecule has 1 amide bonds. The van der Waals surface area contributed by atoms with Gasteiger partial charge in [0, 0.05) is 18.7 Å². The van der Waals surface area contributed by atoms with Crippen molar-refractivity contribution < 1.29 is 22.7 Å². The Balaban J connectivity index is 2.03. The number of rotatable bonds is 5. The van der Waals surface area contributed by atoms with Gasteiger partial charge in [0.25, 0.3) is 5.91 Å². The van der Waals surface area contributed by atoms with E-state index in [4.69, 9.17) is 4.74 Å². The third kappa shape index (κ3) is 4.31. The summed E-state index contributed by atoms with van der Waals surface area (Å²) in [5.41, 5.74) is -0.655. The number of anilines is 1. The summed E-state index contributed by atoms with van der Waals surface area (Å²) in [6.45, 7) is 0.472. The third-order valence-corrected chi connectivity index (χ3v) is 5.06. The Morgan fingerprint density at radius 2 is 2.04 bits per heavy atom. The van der Waals surface area contributed by atoms with E-state index >= 15 is 0 Å². The second-order valence-corrected chi connectivity index (χ2v) is 7.02. The highest BCUT2D eigenvalue weighted by Gasteiger charge is 2.37. The maximum atomic E-state index is 13.4. The number of ether oxygens (including phenoxy) is 1. The minimum absolute atomic E-state index is 0.0584. The van der Waals surface area contributed by atoms with E-state index in [1.165, 1.54) is 34.4 Å². The van der Waals surface area contributed by atoms with Gasteiger partial charge in [0.1, 0.15) is 5.00 Å². The maximum absolute atomic E-state index is 13.4. The highest BCUT2D eigenvalue weighted by molar-refractivity contribution is 7.14. The van der Waals surface area contributed by atoms with Gasteiger partial charge in [0.2, 0.25) is 0 Å². The average Bonchev–Trinajstić information content (AvgIpc) is 3.16. The molecule has 3 rings (SSSR count). The summed E-state index contributed by atoms with van der Waals surface area (Å²) in [5, 5.41) is 2.37. The lowest BCUT2D eigenvalue weighted by molar-refractivity contribution is -0.137. The number of nitrogens with zero attached hydrogens (tertiary/aromatic N) is 1. The molecule has 0 radical (unpaired) electrons. The summed E-state index contributed by atoms with van der Waals surface area (Å²) in [5.74, 6) is -0.633.